The molecule has 0 spiro atoms. The molecule has 0 bridgehead atoms. The minimum atomic E-state index is -0.881. The number of carbonyl (C=O) groups is 6. The van der Waals surface area contributed by atoms with E-state index in [-0.39, 0.29) is 38.5 Å². The van der Waals surface area contributed by atoms with Crippen molar-refractivity contribution >= 4 is 35.8 Å². The van der Waals surface area contributed by atoms with Gasteiger partial charge in [-0.2, -0.15) is 0 Å². The summed E-state index contributed by atoms with van der Waals surface area (Å²) < 4.78 is 9.13. The minimum Gasteiger partial charge on any atom is -0.481 e. The summed E-state index contributed by atoms with van der Waals surface area (Å²) in [6.45, 7) is 0. The number of aliphatic carboxylic acids is 2. The molecule has 0 heterocycles. The molecule has 0 unspecified atom stereocenters. The number of carbonyl (C=O) groups excluding carboxylic acids is 4. The van der Waals surface area contributed by atoms with Gasteiger partial charge < -0.3 is 19.7 Å². The predicted octanol–water partition coefficient (Wildman–Crippen LogP) is 2.76. The largest absolute Gasteiger partial charge is 0.481 e. The van der Waals surface area contributed by atoms with E-state index in [1.807, 2.05) is 0 Å². The quantitative estimate of drug-likeness (QED) is 0.199. The molecule has 10 nitrogen and oxygen atoms in total. The highest BCUT2D eigenvalue weighted by Gasteiger charge is 2.15. The number of hydrogen-bond acceptors (Lipinski definition) is 8. The molecule has 0 aliphatic carbocycles. The van der Waals surface area contributed by atoms with E-state index in [2.05, 4.69) is 9.47 Å². The zero-order chi connectivity index (χ0) is 22.8. The fourth-order valence-electron chi connectivity index (χ4n) is 2.46. The van der Waals surface area contributed by atoms with Gasteiger partial charge in [0.05, 0.1) is 12.8 Å². The summed E-state index contributed by atoms with van der Waals surface area (Å²) in [6.07, 6.45) is 4.03. The first kappa shape index (κ1) is 27.2. The Kier molecular flexibility index (Phi) is 15.5. The number of ether oxygens (including phenoxy) is 2. The van der Waals surface area contributed by atoms with Crippen molar-refractivity contribution in [3.05, 3.63) is 0 Å². The standard InChI is InChI=1S/C20H30O10/c21-15(22)9-5-1-3-7-11-17(25)29-19(27)13-14-20(28)30-18(26)12-8-4-2-6-10-16(23)24/h1-14H2,(H,21,22)(H,23,24). The Morgan fingerprint density at radius 1 is 0.400 bits per heavy atom. The predicted molar refractivity (Wildman–Crippen MR) is 102 cm³/mol. The molecule has 10 heteroatoms. The first-order chi connectivity index (χ1) is 14.2. The van der Waals surface area contributed by atoms with E-state index in [4.69, 9.17) is 10.2 Å². The fraction of sp³-hybridized carbons (Fsp3) is 0.700. The third kappa shape index (κ3) is 18.6. The lowest BCUT2D eigenvalue weighted by atomic mass is 10.1. The van der Waals surface area contributed by atoms with E-state index in [1.54, 1.807) is 0 Å². The van der Waals surface area contributed by atoms with Crippen molar-refractivity contribution in [2.75, 3.05) is 0 Å². The van der Waals surface area contributed by atoms with Crippen LogP contribution in [0.15, 0.2) is 0 Å². The maximum Gasteiger partial charge on any atom is 0.314 e. The van der Waals surface area contributed by atoms with Gasteiger partial charge in [-0.1, -0.05) is 25.7 Å². The van der Waals surface area contributed by atoms with Gasteiger partial charge in [-0.25, -0.2) is 0 Å². The van der Waals surface area contributed by atoms with Crippen LogP contribution in [0, 0.1) is 0 Å². The van der Waals surface area contributed by atoms with Crippen molar-refractivity contribution in [1.29, 1.82) is 0 Å². The van der Waals surface area contributed by atoms with E-state index in [0.29, 0.717) is 51.4 Å². The van der Waals surface area contributed by atoms with E-state index in [1.165, 1.54) is 0 Å². The Bertz CT molecular complexity index is 544. The van der Waals surface area contributed by atoms with Crippen LogP contribution in [0.25, 0.3) is 0 Å². The number of rotatable bonds is 17. The van der Waals surface area contributed by atoms with Crippen LogP contribution in [0.4, 0.5) is 0 Å². The topological polar surface area (TPSA) is 161 Å². The molecule has 0 fully saturated rings. The lowest BCUT2D eigenvalue weighted by Gasteiger charge is -2.04. The van der Waals surface area contributed by atoms with E-state index in [0.717, 1.165) is 0 Å². The Morgan fingerprint density at radius 3 is 0.967 bits per heavy atom. The average Bonchev–Trinajstić information content (AvgIpc) is 2.65. The molecule has 0 aromatic rings. The molecule has 0 radical (unpaired) electrons. The van der Waals surface area contributed by atoms with Gasteiger partial charge in [0.15, 0.2) is 0 Å². The Balaban J connectivity index is 3.73. The highest BCUT2D eigenvalue weighted by atomic mass is 16.6. The van der Waals surface area contributed by atoms with Gasteiger partial charge in [-0.05, 0) is 25.7 Å². The monoisotopic (exact) mass is 430 g/mol. The summed E-state index contributed by atoms with van der Waals surface area (Å²) in [4.78, 5) is 66.8. The number of esters is 4. The lowest BCUT2D eigenvalue weighted by molar-refractivity contribution is -0.165. The summed E-state index contributed by atoms with van der Waals surface area (Å²) in [7, 11) is 0. The molecule has 0 aromatic carbocycles. The minimum absolute atomic E-state index is 0.0220. The molecule has 170 valence electrons. The van der Waals surface area contributed by atoms with Gasteiger partial charge in [0, 0.05) is 25.7 Å². The van der Waals surface area contributed by atoms with Crippen molar-refractivity contribution in [1.82, 2.24) is 0 Å². The zero-order valence-electron chi connectivity index (χ0n) is 17.1. The van der Waals surface area contributed by atoms with Crippen molar-refractivity contribution in [3.8, 4) is 0 Å². The van der Waals surface area contributed by atoms with Crippen LogP contribution in [0.5, 0.6) is 0 Å². The van der Waals surface area contributed by atoms with Gasteiger partial charge in [-0.3, -0.25) is 28.8 Å². The normalized spacial score (nSPS) is 10.3. The van der Waals surface area contributed by atoms with E-state index in [9.17, 15) is 28.8 Å². The summed E-state index contributed by atoms with van der Waals surface area (Å²) in [5, 5.41) is 17.0. The number of unbranched alkanes of at least 4 members (excludes halogenated alkanes) is 6. The van der Waals surface area contributed by atoms with Crippen LogP contribution in [0.1, 0.15) is 89.9 Å². The molecule has 0 saturated carbocycles. The number of hydrogen-bond donors (Lipinski definition) is 2. The summed E-state index contributed by atoms with van der Waals surface area (Å²) in [6, 6.07) is 0. The Labute approximate surface area is 174 Å². The molecule has 0 aliphatic rings. The van der Waals surface area contributed by atoms with E-state index >= 15 is 0 Å². The highest BCUT2D eigenvalue weighted by Crippen LogP contribution is 2.08. The van der Waals surface area contributed by atoms with Gasteiger partial charge in [0.25, 0.3) is 0 Å². The maximum absolute atomic E-state index is 11.5. The molecule has 0 aliphatic heterocycles. The first-order valence-corrected chi connectivity index (χ1v) is 10.1. The van der Waals surface area contributed by atoms with Crippen LogP contribution in [0.2, 0.25) is 0 Å². The molecule has 0 amide bonds. The molecule has 0 atom stereocenters. The third-order valence-corrected chi connectivity index (χ3v) is 4.03. The van der Waals surface area contributed by atoms with Crippen LogP contribution >= 0.6 is 0 Å². The molecule has 30 heavy (non-hydrogen) atoms. The molecular weight excluding hydrogens is 400 g/mol. The number of carboxylic acid groups (broad SMARTS) is 2. The van der Waals surface area contributed by atoms with Crippen LogP contribution in [-0.4, -0.2) is 46.0 Å². The van der Waals surface area contributed by atoms with Crippen molar-refractivity contribution < 1.29 is 48.5 Å². The summed E-state index contributed by atoms with van der Waals surface area (Å²) in [5.74, 6) is -4.93. The molecule has 0 aromatic heterocycles. The second-order valence-electron chi connectivity index (χ2n) is 6.81. The lowest BCUT2D eigenvalue weighted by Crippen LogP contribution is -2.16. The number of carboxylic acids is 2. The first-order valence-electron chi connectivity index (χ1n) is 10.1. The van der Waals surface area contributed by atoms with Crippen LogP contribution in [-0.2, 0) is 38.2 Å². The van der Waals surface area contributed by atoms with Gasteiger partial charge in [0.2, 0.25) is 0 Å². The molecular formula is C20H30O10. The van der Waals surface area contributed by atoms with Crippen LogP contribution < -0.4 is 0 Å². The van der Waals surface area contributed by atoms with Crippen molar-refractivity contribution in [2.45, 2.75) is 89.9 Å². The second kappa shape index (κ2) is 17.1. The Hall–Kier alpha value is -2.78. The van der Waals surface area contributed by atoms with Gasteiger partial charge in [0.1, 0.15) is 0 Å². The summed E-state index contributed by atoms with van der Waals surface area (Å²) >= 11 is 0. The second-order valence-corrected chi connectivity index (χ2v) is 6.81. The van der Waals surface area contributed by atoms with E-state index < -0.39 is 35.8 Å². The summed E-state index contributed by atoms with van der Waals surface area (Å²) in [5.41, 5.74) is 0. The van der Waals surface area contributed by atoms with Crippen molar-refractivity contribution in [2.24, 2.45) is 0 Å². The van der Waals surface area contributed by atoms with Gasteiger partial charge >= 0.3 is 35.8 Å². The fourth-order valence-corrected chi connectivity index (χ4v) is 2.46. The third-order valence-electron chi connectivity index (χ3n) is 4.03. The molecule has 0 rings (SSSR count). The van der Waals surface area contributed by atoms with Crippen molar-refractivity contribution in [3.63, 3.8) is 0 Å². The Morgan fingerprint density at radius 2 is 0.667 bits per heavy atom. The zero-order valence-corrected chi connectivity index (χ0v) is 17.1. The SMILES string of the molecule is O=C(O)CCCCCCC(=O)OC(=O)CCC(=O)OC(=O)CCCCCCC(=O)O. The molecule has 0 saturated heterocycles. The maximum atomic E-state index is 11.5. The highest BCUT2D eigenvalue weighted by molar-refractivity contribution is 5.89. The van der Waals surface area contributed by atoms with Crippen LogP contribution in [0.3, 0.4) is 0 Å². The van der Waals surface area contributed by atoms with Gasteiger partial charge in [-0.15, -0.1) is 0 Å². The smallest absolute Gasteiger partial charge is 0.314 e. The molecule has 2 N–H and O–H groups in total. The average molecular weight is 430 g/mol.